The van der Waals surface area contributed by atoms with E-state index >= 15 is 0 Å². The maximum Gasteiger partial charge on any atom is 0.116 e. The molecule has 0 spiro atoms. The lowest BCUT2D eigenvalue weighted by Crippen LogP contribution is -2.25. The molecule has 0 amide bonds. The first-order valence-corrected chi connectivity index (χ1v) is 9.88. The molecule has 1 aliphatic heterocycles. The number of ether oxygens (including phenoxy) is 1. The van der Waals surface area contributed by atoms with Crippen molar-refractivity contribution in [1.82, 2.24) is 10.3 Å². The first-order valence-electron chi connectivity index (χ1n) is 9.88. The second-order valence-corrected chi connectivity index (χ2v) is 7.01. The predicted molar refractivity (Wildman–Crippen MR) is 106 cm³/mol. The topological polar surface area (TPSA) is 34.2 Å². The monoisotopic (exact) mass is 342 g/mol. The van der Waals surface area contributed by atoms with Crippen LogP contribution in [0, 0.1) is 0 Å². The van der Waals surface area contributed by atoms with Crippen LogP contribution >= 0.6 is 0 Å². The number of allylic oxidation sites excluding steroid dienone is 2. The fraction of sp³-hybridized carbons (Fsp3) is 0.591. The quantitative estimate of drug-likeness (QED) is 0.669. The van der Waals surface area contributed by atoms with Crippen LogP contribution in [0.5, 0.6) is 0 Å². The minimum absolute atomic E-state index is 0.311. The van der Waals surface area contributed by atoms with E-state index in [2.05, 4.69) is 65.1 Å². The molecule has 0 atom stereocenters. The molecular formula is C22H34N2O. The van der Waals surface area contributed by atoms with Crippen molar-refractivity contribution in [3.8, 4) is 0 Å². The van der Waals surface area contributed by atoms with Crippen molar-refractivity contribution in [1.29, 1.82) is 0 Å². The fourth-order valence-electron chi connectivity index (χ4n) is 3.24. The third kappa shape index (κ3) is 4.65. The number of aryl methyl sites for hydroxylation is 1. The molecule has 2 heterocycles. The minimum atomic E-state index is 0.311. The zero-order valence-corrected chi connectivity index (χ0v) is 16.8. The number of pyridine rings is 1. The van der Waals surface area contributed by atoms with Crippen molar-refractivity contribution in [3.63, 3.8) is 0 Å². The summed E-state index contributed by atoms with van der Waals surface area (Å²) in [5.74, 6) is 1.51. The minimum Gasteiger partial charge on any atom is -0.493 e. The molecule has 0 saturated heterocycles. The van der Waals surface area contributed by atoms with Gasteiger partial charge < -0.3 is 10.1 Å². The van der Waals surface area contributed by atoms with Gasteiger partial charge in [0.25, 0.3) is 0 Å². The normalized spacial score (nSPS) is 14.8. The van der Waals surface area contributed by atoms with Gasteiger partial charge in [-0.2, -0.15) is 0 Å². The lowest BCUT2D eigenvalue weighted by molar-refractivity contribution is 0.105. The lowest BCUT2D eigenvalue weighted by Gasteiger charge is -2.26. The van der Waals surface area contributed by atoms with Gasteiger partial charge in [0.1, 0.15) is 5.76 Å². The van der Waals surface area contributed by atoms with E-state index < -0.39 is 0 Å². The van der Waals surface area contributed by atoms with Gasteiger partial charge in [0, 0.05) is 22.6 Å². The Kier molecular flexibility index (Phi) is 7.10. The van der Waals surface area contributed by atoms with E-state index in [1.54, 1.807) is 0 Å². The SMILES string of the molecule is CCC1=C(c2ccc(C(C)C)nc2CC)NCC(OC(CC)CC)=C1. The molecule has 138 valence electrons. The predicted octanol–water partition coefficient (Wildman–Crippen LogP) is 5.58. The number of rotatable bonds is 8. The van der Waals surface area contributed by atoms with Gasteiger partial charge in [0.05, 0.1) is 12.6 Å². The summed E-state index contributed by atoms with van der Waals surface area (Å²) in [6.45, 7) is 13.9. The molecule has 1 aromatic heterocycles. The maximum absolute atomic E-state index is 6.16. The molecule has 25 heavy (non-hydrogen) atoms. The van der Waals surface area contributed by atoms with E-state index in [1.165, 1.54) is 28.2 Å². The number of dihydropyridines is 1. The summed E-state index contributed by atoms with van der Waals surface area (Å²) < 4.78 is 6.16. The molecule has 0 saturated carbocycles. The summed E-state index contributed by atoms with van der Waals surface area (Å²) in [5.41, 5.74) is 6.11. The summed E-state index contributed by atoms with van der Waals surface area (Å²) in [6.07, 6.45) is 6.57. The number of nitrogens with zero attached hydrogens (tertiary/aromatic N) is 1. The summed E-state index contributed by atoms with van der Waals surface area (Å²) in [5, 5.41) is 3.61. The summed E-state index contributed by atoms with van der Waals surface area (Å²) in [7, 11) is 0. The van der Waals surface area contributed by atoms with E-state index in [0.717, 1.165) is 38.0 Å². The molecule has 0 fully saturated rings. The third-order valence-corrected chi connectivity index (χ3v) is 4.90. The van der Waals surface area contributed by atoms with Gasteiger partial charge in [-0.25, -0.2) is 0 Å². The molecule has 0 bridgehead atoms. The zero-order valence-electron chi connectivity index (χ0n) is 16.8. The van der Waals surface area contributed by atoms with Gasteiger partial charge in [-0.1, -0.05) is 41.5 Å². The van der Waals surface area contributed by atoms with Gasteiger partial charge in [-0.3, -0.25) is 4.98 Å². The van der Waals surface area contributed by atoms with Crippen molar-refractivity contribution in [2.45, 2.75) is 79.2 Å². The summed E-state index contributed by atoms with van der Waals surface area (Å²) in [4.78, 5) is 4.90. The smallest absolute Gasteiger partial charge is 0.116 e. The molecule has 0 aliphatic carbocycles. The van der Waals surface area contributed by atoms with Crippen LogP contribution in [0.4, 0.5) is 0 Å². The van der Waals surface area contributed by atoms with Gasteiger partial charge in [-0.05, 0) is 55.4 Å². The molecule has 1 N–H and O–H groups in total. The van der Waals surface area contributed by atoms with Crippen LogP contribution in [0.25, 0.3) is 5.70 Å². The maximum atomic E-state index is 6.16. The Morgan fingerprint density at radius 1 is 1.08 bits per heavy atom. The number of nitrogens with one attached hydrogen (secondary N) is 1. The van der Waals surface area contributed by atoms with Crippen LogP contribution in [-0.2, 0) is 11.2 Å². The fourth-order valence-corrected chi connectivity index (χ4v) is 3.24. The zero-order chi connectivity index (χ0) is 18.4. The molecule has 0 radical (unpaired) electrons. The second-order valence-electron chi connectivity index (χ2n) is 7.01. The number of hydrogen-bond acceptors (Lipinski definition) is 3. The van der Waals surface area contributed by atoms with Gasteiger partial charge in [0.15, 0.2) is 0 Å². The van der Waals surface area contributed by atoms with Crippen LogP contribution in [0.2, 0.25) is 0 Å². The van der Waals surface area contributed by atoms with Crippen LogP contribution in [0.1, 0.15) is 83.7 Å². The van der Waals surface area contributed by atoms with E-state index in [-0.39, 0.29) is 0 Å². The van der Waals surface area contributed by atoms with Crippen molar-refractivity contribution in [2.24, 2.45) is 0 Å². The lowest BCUT2D eigenvalue weighted by atomic mass is 9.97. The Balaban J connectivity index is 2.37. The molecule has 1 aromatic rings. The van der Waals surface area contributed by atoms with Crippen molar-refractivity contribution < 1.29 is 4.74 Å². The molecule has 2 rings (SSSR count). The molecule has 0 aromatic carbocycles. The average molecular weight is 343 g/mol. The molecule has 0 unspecified atom stereocenters. The molecule has 1 aliphatic rings. The van der Waals surface area contributed by atoms with Crippen molar-refractivity contribution in [2.75, 3.05) is 6.54 Å². The van der Waals surface area contributed by atoms with Gasteiger partial charge >= 0.3 is 0 Å². The van der Waals surface area contributed by atoms with Crippen molar-refractivity contribution >= 4 is 5.70 Å². The van der Waals surface area contributed by atoms with Crippen LogP contribution in [0.15, 0.2) is 29.5 Å². The van der Waals surface area contributed by atoms with Gasteiger partial charge in [-0.15, -0.1) is 0 Å². The highest BCUT2D eigenvalue weighted by Crippen LogP contribution is 2.28. The highest BCUT2D eigenvalue weighted by molar-refractivity contribution is 5.72. The largest absolute Gasteiger partial charge is 0.493 e. The van der Waals surface area contributed by atoms with E-state index in [0.29, 0.717) is 12.0 Å². The standard InChI is InChI=1S/C22H34N2O/c1-7-16-13-18(25-17(8-2)9-3)14-23-22(16)19-11-12-21(15(5)6)24-20(19)10-4/h11-13,15,17,23H,7-10,14H2,1-6H3. The number of hydrogen-bond donors (Lipinski definition) is 1. The Morgan fingerprint density at radius 2 is 1.80 bits per heavy atom. The second kappa shape index (κ2) is 9.07. The molecule has 3 nitrogen and oxygen atoms in total. The highest BCUT2D eigenvalue weighted by Gasteiger charge is 2.19. The Morgan fingerprint density at radius 3 is 2.36 bits per heavy atom. The van der Waals surface area contributed by atoms with Gasteiger partial charge in [0.2, 0.25) is 0 Å². The highest BCUT2D eigenvalue weighted by atomic mass is 16.5. The van der Waals surface area contributed by atoms with Crippen LogP contribution in [0.3, 0.4) is 0 Å². The van der Waals surface area contributed by atoms with E-state index in [4.69, 9.17) is 9.72 Å². The first kappa shape index (κ1) is 19.6. The van der Waals surface area contributed by atoms with E-state index in [9.17, 15) is 0 Å². The van der Waals surface area contributed by atoms with Crippen molar-refractivity contribution in [3.05, 3.63) is 46.5 Å². The van der Waals surface area contributed by atoms with Crippen LogP contribution in [-0.4, -0.2) is 17.6 Å². The summed E-state index contributed by atoms with van der Waals surface area (Å²) >= 11 is 0. The Hall–Kier alpha value is -1.77. The summed E-state index contributed by atoms with van der Waals surface area (Å²) in [6, 6.07) is 4.40. The average Bonchev–Trinajstić information content (AvgIpc) is 2.65. The Bertz CT molecular complexity index is 639. The number of aromatic nitrogens is 1. The first-order chi connectivity index (χ1) is 12.0. The van der Waals surface area contributed by atoms with Crippen LogP contribution < -0.4 is 5.32 Å². The Labute approximate surface area is 153 Å². The van der Waals surface area contributed by atoms with E-state index in [1.807, 2.05) is 0 Å². The molecular weight excluding hydrogens is 308 g/mol. The molecule has 3 heteroatoms. The third-order valence-electron chi connectivity index (χ3n) is 4.90.